The molecule has 0 spiro atoms. The maximum absolute atomic E-state index is 13.8. The largest absolute Gasteiger partial charge is 0.457 e. The van der Waals surface area contributed by atoms with Crippen LogP contribution in [0.5, 0.6) is 0 Å². The normalized spacial score (nSPS) is 46.4. The van der Waals surface area contributed by atoms with Crippen LogP contribution in [0.3, 0.4) is 0 Å². The van der Waals surface area contributed by atoms with Gasteiger partial charge in [-0.05, 0) is 80.9 Å². The third kappa shape index (κ3) is 8.50. The minimum absolute atomic E-state index is 0.0561. The Morgan fingerprint density at radius 3 is 2.45 bits per heavy atom. The van der Waals surface area contributed by atoms with Crippen LogP contribution >= 0.6 is 0 Å². The molecule has 56 heavy (non-hydrogen) atoms. The number of aliphatic hydroxyl groups excluding tert-OH is 6. The fraction of sp³-hybridized carbons (Fsp3) is 0.707. The Labute approximate surface area is 326 Å². The molecule has 3 heterocycles. The number of allylic oxidation sites excluding steroid dienone is 1. The first kappa shape index (κ1) is 42.8. The van der Waals surface area contributed by atoms with Crippen molar-refractivity contribution in [2.75, 3.05) is 19.8 Å². The highest BCUT2D eigenvalue weighted by Gasteiger charge is 2.52. The molecule has 0 unspecified atom stereocenters. The molecule has 6 rings (SSSR count). The van der Waals surface area contributed by atoms with E-state index in [-0.39, 0.29) is 30.3 Å². The molecule has 15 heteroatoms. The van der Waals surface area contributed by atoms with Crippen LogP contribution in [0.15, 0.2) is 59.8 Å². The van der Waals surface area contributed by atoms with Crippen LogP contribution in [0.4, 0.5) is 0 Å². The predicted octanol–water partition coefficient (Wildman–Crippen LogP) is 0.878. The Hall–Kier alpha value is -2.80. The van der Waals surface area contributed by atoms with Crippen molar-refractivity contribution < 1.29 is 73.8 Å². The second-order valence-corrected chi connectivity index (χ2v) is 16.7. The van der Waals surface area contributed by atoms with Gasteiger partial charge in [0.05, 0.1) is 37.9 Å². The van der Waals surface area contributed by atoms with Crippen LogP contribution in [0.2, 0.25) is 0 Å². The summed E-state index contributed by atoms with van der Waals surface area (Å²) < 4.78 is 34.6. The lowest BCUT2D eigenvalue weighted by molar-refractivity contribution is -0.315. The quantitative estimate of drug-likeness (QED) is 0.0977. The lowest BCUT2D eigenvalue weighted by atomic mass is 9.82. The van der Waals surface area contributed by atoms with Crippen molar-refractivity contribution >= 4 is 11.9 Å². The Morgan fingerprint density at radius 1 is 1.02 bits per heavy atom. The van der Waals surface area contributed by atoms with Gasteiger partial charge in [-0.2, -0.15) is 0 Å². The number of carbonyl (C=O) groups excluding carboxylic acids is 2. The summed E-state index contributed by atoms with van der Waals surface area (Å²) in [6.07, 6.45) is -6.43. The third-order valence-corrected chi connectivity index (χ3v) is 12.9. The molecule has 0 aromatic heterocycles. The van der Waals surface area contributed by atoms with E-state index in [2.05, 4.69) is 19.7 Å². The Morgan fingerprint density at radius 2 is 1.75 bits per heavy atom. The molecule has 0 aromatic rings. The molecule has 3 saturated heterocycles. The fourth-order valence-electron chi connectivity index (χ4n) is 9.07. The minimum Gasteiger partial charge on any atom is -0.457 e. The summed E-state index contributed by atoms with van der Waals surface area (Å²) in [5, 5.41) is 73.1. The Bertz CT molecular complexity index is 1590. The van der Waals surface area contributed by atoms with E-state index < -0.39 is 104 Å². The molecule has 7 N–H and O–H groups in total. The van der Waals surface area contributed by atoms with Gasteiger partial charge in [-0.25, -0.2) is 4.79 Å². The molecule has 5 fully saturated rings. The van der Waals surface area contributed by atoms with E-state index in [0.29, 0.717) is 55.2 Å². The van der Waals surface area contributed by atoms with Crippen LogP contribution in [0.25, 0.3) is 0 Å². The summed E-state index contributed by atoms with van der Waals surface area (Å²) in [7, 11) is 0. The highest BCUT2D eigenvalue weighted by Crippen LogP contribution is 2.50. The van der Waals surface area contributed by atoms with Gasteiger partial charge in [0.15, 0.2) is 12.6 Å². The van der Waals surface area contributed by atoms with Crippen LogP contribution in [0.1, 0.15) is 59.3 Å². The summed E-state index contributed by atoms with van der Waals surface area (Å²) in [6.45, 7) is 16.8. The van der Waals surface area contributed by atoms with Crippen molar-refractivity contribution in [2.24, 2.45) is 29.6 Å². The number of fused-ring (bicyclic) bond motifs is 2. The lowest BCUT2D eigenvalue weighted by Crippen LogP contribution is -2.60. The summed E-state index contributed by atoms with van der Waals surface area (Å²) in [5.74, 6) is -2.29. The fourth-order valence-corrected chi connectivity index (χ4v) is 9.07. The lowest BCUT2D eigenvalue weighted by Gasteiger charge is -2.41. The monoisotopic (exact) mass is 790 g/mol. The highest BCUT2D eigenvalue weighted by molar-refractivity contribution is 5.88. The Kier molecular flexibility index (Phi) is 13.1. The van der Waals surface area contributed by atoms with Crippen molar-refractivity contribution in [3.63, 3.8) is 0 Å². The van der Waals surface area contributed by atoms with Gasteiger partial charge < -0.3 is 64.2 Å². The second kappa shape index (κ2) is 17.2. The van der Waals surface area contributed by atoms with Gasteiger partial charge in [0.25, 0.3) is 0 Å². The highest BCUT2D eigenvalue weighted by atomic mass is 16.7. The van der Waals surface area contributed by atoms with E-state index in [1.165, 1.54) is 0 Å². The molecule has 3 aliphatic carbocycles. The topological polar surface area (TPSA) is 231 Å². The standard InChI is InChI=1S/C41H58O15/c1-18-7-10-28(20(3)12-30-32(27(43)11-18)23(6)38(49)54-30)53-37(48)21(4)24-9-8-19(2)25-14-29(22(5)26(25)13-24)55-39-35(46)34(45)33(44)31(56-39)15-51-40-36(47)41(50,16-42)17-52-40/h7,12,23-36,39-40,42-47,50H,2,4-5,8-11,13-17H2,1,3,6H3/b18-7+,20-12+/t23-,24+,25-,26-,27-,28-,29-,30+,31+,32+,33+,34-,35+,36-,39+,40-,41+/m0/s1. The number of carbonyl (C=O) groups is 2. The van der Waals surface area contributed by atoms with Crippen molar-refractivity contribution in [2.45, 2.75) is 132 Å². The smallest absolute Gasteiger partial charge is 0.334 e. The average Bonchev–Trinajstić information content (AvgIpc) is 3.69. The van der Waals surface area contributed by atoms with E-state index in [0.717, 1.165) is 11.1 Å². The molecule has 6 aliphatic rings. The van der Waals surface area contributed by atoms with Gasteiger partial charge >= 0.3 is 11.9 Å². The van der Waals surface area contributed by atoms with Gasteiger partial charge in [0.2, 0.25) is 0 Å². The van der Waals surface area contributed by atoms with E-state index in [9.17, 15) is 45.3 Å². The summed E-state index contributed by atoms with van der Waals surface area (Å²) >= 11 is 0. The predicted molar refractivity (Wildman–Crippen MR) is 197 cm³/mol. The first-order valence-corrected chi connectivity index (χ1v) is 19.5. The summed E-state index contributed by atoms with van der Waals surface area (Å²) in [6, 6.07) is 0. The molecule has 0 aromatic carbocycles. The number of hydrogen-bond donors (Lipinski definition) is 7. The van der Waals surface area contributed by atoms with E-state index in [1.54, 1.807) is 13.0 Å². The van der Waals surface area contributed by atoms with Crippen molar-refractivity contribution in [1.29, 1.82) is 0 Å². The molecule has 0 radical (unpaired) electrons. The molecule has 312 valence electrons. The molecule has 17 atom stereocenters. The zero-order valence-corrected chi connectivity index (χ0v) is 32.3. The molecule has 3 aliphatic heterocycles. The molecular formula is C41H58O15. The SMILES string of the molecule is C=C(C(=O)O[C@H]1C/C=C(\C)C[C@H](O)[C@H]2[C@H](C)C(=O)O[C@@H]2/C=C/1C)[C@@H]1CCC(=C)[C@@H]2C[C@H](O[C@@H]3O[C@H](CO[C@H]4OC[C@](O)(CO)[C@H]4O)[C@@H](O)[C@H](O)[C@H]3O)C(=C)[C@@H]2C1. The van der Waals surface area contributed by atoms with Crippen molar-refractivity contribution in [3.8, 4) is 0 Å². The van der Waals surface area contributed by atoms with Gasteiger partial charge in [-0.1, -0.05) is 43.9 Å². The number of ether oxygens (including phenoxy) is 6. The molecular weight excluding hydrogens is 732 g/mol. The van der Waals surface area contributed by atoms with Crippen LogP contribution in [-0.2, 0) is 38.0 Å². The number of esters is 2. The third-order valence-electron chi connectivity index (χ3n) is 12.9. The van der Waals surface area contributed by atoms with Gasteiger partial charge in [0, 0.05) is 17.9 Å². The van der Waals surface area contributed by atoms with E-state index in [1.807, 2.05) is 19.9 Å². The maximum atomic E-state index is 13.8. The van der Waals surface area contributed by atoms with Crippen LogP contribution in [-0.4, -0.2) is 141 Å². The van der Waals surface area contributed by atoms with E-state index >= 15 is 0 Å². The molecule has 2 saturated carbocycles. The number of aliphatic hydroxyl groups is 7. The molecule has 15 nitrogen and oxygen atoms in total. The van der Waals surface area contributed by atoms with Crippen LogP contribution in [0, 0.1) is 29.6 Å². The van der Waals surface area contributed by atoms with Crippen LogP contribution < -0.4 is 0 Å². The minimum atomic E-state index is -1.92. The zero-order valence-electron chi connectivity index (χ0n) is 32.3. The molecule has 0 bridgehead atoms. The zero-order chi connectivity index (χ0) is 40.8. The first-order chi connectivity index (χ1) is 26.4. The second-order valence-electron chi connectivity index (χ2n) is 16.7. The van der Waals surface area contributed by atoms with Gasteiger partial charge in [-0.3, -0.25) is 4.79 Å². The maximum Gasteiger partial charge on any atom is 0.334 e. The van der Waals surface area contributed by atoms with E-state index in [4.69, 9.17) is 28.4 Å². The first-order valence-electron chi connectivity index (χ1n) is 19.5. The van der Waals surface area contributed by atoms with Gasteiger partial charge in [0.1, 0.15) is 48.3 Å². The molecule has 0 amide bonds. The Balaban J connectivity index is 1.09. The van der Waals surface area contributed by atoms with Crippen molar-refractivity contribution in [1.82, 2.24) is 0 Å². The number of rotatable bonds is 9. The summed E-state index contributed by atoms with van der Waals surface area (Å²) in [5.41, 5.74) is 1.67. The van der Waals surface area contributed by atoms with Gasteiger partial charge in [-0.15, -0.1) is 0 Å². The average molecular weight is 791 g/mol. The van der Waals surface area contributed by atoms with Crippen molar-refractivity contribution in [3.05, 3.63) is 59.8 Å². The summed E-state index contributed by atoms with van der Waals surface area (Å²) in [4.78, 5) is 26.2. The number of hydrogen-bond acceptors (Lipinski definition) is 15.